The average Bonchev–Trinajstić information content (AvgIpc) is 3.16. The zero-order valence-electron chi connectivity index (χ0n) is 15.0. The lowest BCUT2D eigenvalue weighted by atomic mass is 10.0. The van der Waals surface area contributed by atoms with Crippen LogP contribution in [-0.4, -0.2) is 37.0 Å². The van der Waals surface area contributed by atoms with E-state index in [1.165, 1.54) is 19.2 Å². The van der Waals surface area contributed by atoms with Crippen LogP contribution in [0.2, 0.25) is 0 Å². The van der Waals surface area contributed by atoms with Crippen LogP contribution in [0.1, 0.15) is 34.8 Å². The molecular formula is C20H21FN2O4. The van der Waals surface area contributed by atoms with Crippen LogP contribution in [0.15, 0.2) is 42.5 Å². The number of nitrogens with two attached hydrogens (primary N) is 1. The maximum absolute atomic E-state index is 13.2. The van der Waals surface area contributed by atoms with E-state index < -0.39 is 5.91 Å². The molecule has 0 aliphatic carbocycles. The van der Waals surface area contributed by atoms with Crippen molar-refractivity contribution < 1.29 is 23.5 Å². The van der Waals surface area contributed by atoms with Crippen molar-refractivity contribution in [3.8, 4) is 11.5 Å². The van der Waals surface area contributed by atoms with Crippen LogP contribution in [0, 0.1) is 5.82 Å². The Morgan fingerprint density at radius 2 is 1.93 bits per heavy atom. The highest BCUT2D eigenvalue weighted by atomic mass is 19.1. The molecular weight excluding hydrogens is 351 g/mol. The molecule has 1 fully saturated rings. The van der Waals surface area contributed by atoms with Crippen molar-refractivity contribution in [2.75, 3.05) is 20.3 Å². The van der Waals surface area contributed by atoms with Crippen molar-refractivity contribution in [2.24, 2.45) is 5.73 Å². The number of carbonyl (C=O) groups excluding carboxylic acids is 2. The molecule has 1 unspecified atom stereocenters. The minimum Gasteiger partial charge on any atom is -0.493 e. The number of likely N-dealkylation sites (tertiary alicyclic amines) is 1. The minimum atomic E-state index is -0.601. The van der Waals surface area contributed by atoms with E-state index in [2.05, 4.69) is 0 Å². The van der Waals surface area contributed by atoms with E-state index in [9.17, 15) is 14.0 Å². The largest absolute Gasteiger partial charge is 0.493 e. The summed E-state index contributed by atoms with van der Waals surface area (Å²) in [5, 5.41) is 0. The number of amides is 2. The molecule has 6 nitrogen and oxygen atoms in total. The molecule has 2 amide bonds. The molecule has 2 aromatic carbocycles. The monoisotopic (exact) mass is 372 g/mol. The number of halogens is 1. The van der Waals surface area contributed by atoms with Gasteiger partial charge in [0.2, 0.25) is 0 Å². The van der Waals surface area contributed by atoms with Gasteiger partial charge in [0.15, 0.2) is 18.1 Å². The fourth-order valence-corrected chi connectivity index (χ4v) is 3.28. The third-order valence-corrected chi connectivity index (χ3v) is 4.55. The van der Waals surface area contributed by atoms with Gasteiger partial charge in [-0.25, -0.2) is 4.39 Å². The predicted octanol–water partition coefficient (Wildman–Crippen LogP) is 2.68. The molecule has 0 bridgehead atoms. The first-order chi connectivity index (χ1) is 13.0. The van der Waals surface area contributed by atoms with Gasteiger partial charge in [-0.2, -0.15) is 0 Å². The summed E-state index contributed by atoms with van der Waals surface area (Å²) in [5.41, 5.74) is 6.45. The second kappa shape index (κ2) is 8.07. The van der Waals surface area contributed by atoms with Crippen molar-refractivity contribution in [1.29, 1.82) is 0 Å². The molecule has 7 heteroatoms. The third-order valence-electron chi connectivity index (χ3n) is 4.55. The second-order valence-electron chi connectivity index (χ2n) is 6.33. The van der Waals surface area contributed by atoms with Crippen LogP contribution >= 0.6 is 0 Å². The molecule has 0 saturated carbocycles. The highest BCUT2D eigenvalue weighted by molar-refractivity contribution is 5.95. The van der Waals surface area contributed by atoms with Crippen LogP contribution in [0.5, 0.6) is 11.5 Å². The lowest BCUT2D eigenvalue weighted by Gasteiger charge is -2.25. The molecule has 27 heavy (non-hydrogen) atoms. The predicted molar refractivity (Wildman–Crippen MR) is 97.1 cm³/mol. The molecule has 1 saturated heterocycles. The first kappa shape index (κ1) is 18.7. The first-order valence-corrected chi connectivity index (χ1v) is 8.65. The van der Waals surface area contributed by atoms with Crippen molar-refractivity contribution >= 4 is 11.8 Å². The molecule has 0 spiro atoms. The number of ether oxygens (including phenoxy) is 2. The lowest BCUT2D eigenvalue weighted by Crippen LogP contribution is -2.30. The second-order valence-corrected chi connectivity index (χ2v) is 6.33. The van der Waals surface area contributed by atoms with Gasteiger partial charge in [0.05, 0.1) is 13.2 Å². The molecule has 2 aromatic rings. The Morgan fingerprint density at radius 3 is 2.59 bits per heavy atom. The fraction of sp³-hybridized carbons (Fsp3) is 0.300. The fourth-order valence-electron chi connectivity index (χ4n) is 3.28. The van der Waals surface area contributed by atoms with E-state index in [-0.39, 0.29) is 24.4 Å². The molecule has 1 aliphatic rings. The van der Waals surface area contributed by atoms with Gasteiger partial charge in [-0.1, -0.05) is 12.1 Å². The molecule has 1 aliphatic heterocycles. The summed E-state index contributed by atoms with van der Waals surface area (Å²) in [7, 11) is 1.46. The summed E-state index contributed by atoms with van der Waals surface area (Å²) < 4.78 is 23.8. The van der Waals surface area contributed by atoms with E-state index in [0.29, 0.717) is 23.6 Å². The molecule has 0 aromatic heterocycles. The number of benzene rings is 2. The number of primary amides is 1. The topological polar surface area (TPSA) is 81.9 Å². The number of carbonyl (C=O) groups is 2. The summed E-state index contributed by atoms with van der Waals surface area (Å²) in [6, 6.07) is 10.9. The molecule has 2 N–H and O–H groups in total. The Balaban J connectivity index is 1.81. The summed E-state index contributed by atoms with van der Waals surface area (Å²) in [4.78, 5) is 25.7. The van der Waals surface area contributed by atoms with Gasteiger partial charge in [-0.15, -0.1) is 0 Å². The van der Waals surface area contributed by atoms with E-state index in [1.807, 2.05) is 0 Å². The maximum atomic E-state index is 13.2. The van der Waals surface area contributed by atoms with Gasteiger partial charge in [0, 0.05) is 12.1 Å². The van der Waals surface area contributed by atoms with Crippen molar-refractivity contribution in [1.82, 2.24) is 4.90 Å². The van der Waals surface area contributed by atoms with Crippen LogP contribution in [0.4, 0.5) is 4.39 Å². The Kier molecular flexibility index (Phi) is 5.59. The quantitative estimate of drug-likeness (QED) is 0.845. The zero-order chi connectivity index (χ0) is 19.4. The normalized spacial score (nSPS) is 16.2. The smallest absolute Gasteiger partial charge is 0.255 e. The van der Waals surface area contributed by atoms with Crippen LogP contribution in [0.3, 0.4) is 0 Å². The molecule has 1 atom stereocenters. The SMILES string of the molecule is COc1cc(C(=O)N2CCCC2c2ccc(F)cc2)ccc1OCC(N)=O. The minimum absolute atomic E-state index is 0.0881. The van der Waals surface area contributed by atoms with Crippen molar-refractivity contribution in [3.05, 3.63) is 59.4 Å². The number of rotatable bonds is 6. The Bertz CT molecular complexity index is 838. The highest BCUT2D eigenvalue weighted by Crippen LogP contribution is 2.35. The Hall–Kier alpha value is -3.09. The number of hydrogen-bond acceptors (Lipinski definition) is 4. The number of nitrogens with zero attached hydrogens (tertiary/aromatic N) is 1. The summed E-state index contributed by atoms with van der Waals surface area (Å²) in [6.45, 7) is 0.353. The lowest BCUT2D eigenvalue weighted by molar-refractivity contribution is -0.119. The third kappa shape index (κ3) is 4.19. The van der Waals surface area contributed by atoms with E-state index in [1.54, 1.807) is 35.2 Å². The summed E-state index contributed by atoms with van der Waals surface area (Å²) >= 11 is 0. The number of methoxy groups -OCH3 is 1. The highest BCUT2D eigenvalue weighted by Gasteiger charge is 2.31. The maximum Gasteiger partial charge on any atom is 0.255 e. The van der Waals surface area contributed by atoms with Gasteiger partial charge < -0.3 is 20.1 Å². The van der Waals surface area contributed by atoms with Gasteiger partial charge in [0.1, 0.15) is 5.82 Å². The van der Waals surface area contributed by atoms with Crippen molar-refractivity contribution in [2.45, 2.75) is 18.9 Å². The van der Waals surface area contributed by atoms with Gasteiger partial charge in [0.25, 0.3) is 11.8 Å². The van der Waals surface area contributed by atoms with E-state index >= 15 is 0 Å². The van der Waals surface area contributed by atoms with Crippen LogP contribution < -0.4 is 15.2 Å². The zero-order valence-corrected chi connectivity index (χ0v) is 15.0. The number of hydrogen-bond donors (Lipinski definition) is 1. The summed E-state index contributed by atoms with van der Waals surface area (Å²) in [6.07, 6.45) is 1.71. The molecule has 1 heterocycles. The standard InChI is InChI=1S/C20H21FN2O4/c1-26-18-11-14(6-9-17(18)27-12-19(22)24)20(25)23-10-2-3-16(23)13-4-7-15(21)8-5-13/h4-9,11,16H,2-3,10,12H2,1H3,(H2,22,24). The molecule has 0 radical (unpaired) electrons. The van der Waals surface area contributed by atoms with Gasteiger partial charge in [-0.05, 0) is 48.7 Å². The van der Waals surface area contributed by atoms with Crippen LogP contribution in [0.25, 0.3) is 0 Å². The van der Waals surface area contributed by atoms with E-state index in [0.717, 1.165) is 18.4 Å². The van der Waals surface area contributed by atoms with Crippen molar-refractivity contribution in [3.63, 3.8) is 0 Å². The molecule has 3 rings (SSSR count). The van der Waals surface area contributed by atoms with Crippen LogP contribution in [-0.2, 0) is 4.79 Å². The summed E-state index contributed by atoms with van der Waals surface area (Å²) in [5.74, 6) is -0.354. The first-order valence-electron chi connectivity index (χ1n) is 8.65. The molecule has 142 valence electrons. The Morgan fingerprint density at radius 1 is 1.19 bits per heavy atom. The average molecular weight is 372 g/mol. The van der Waals surface area contributed by atoms with Gasteiger partial charge >= 0.3 is 0 Å². The Labute approximate surface area is 156 Å². The van der Waals surface area contributed by atoms with Gasteiger partial charge in [-0.3, -0.25) is 9.59 Å². The van der Waals surface area contributed by atoms with E-state index in [4.69, 9.17) is 15.2 Å².